The average molecular weight is 274 g/mol. The molecule has 0 aromatic heterocycles. The zero-order valence-electron chi connectivity index (χ0n) is 12.7. The SMILES string of the molecule is COc1ccc2c(c1)C(N(C)C1CCCNCC1)CC2. The third kappa shape index (κ3) is 2.70. The number of hydrogen-bond acceptors (Lipinski definition) is 3. The second-order valence-electron chi connectivity index (χ2n) is 6.12. The van der Waals surface area contributed by atoms with Crippen LogP contribution in [0.25, 0.3) is 0 Å². The van der Waals surface area contributed by atoms with Crippen molar-refractivity contribution in [2.24, 2.45) is 0 Å². The first-order chi connectivity index (χ1) is 9.79. The van der Waals surface area contributed by atoms with E-state index in [1.54, 1.807) is 7.11 Å². The van der Waals surface area contributed by atoms with Gasteiger partial charge >= 0.3 is 0 Å². The molecule has 0 saturated carbocycles. The Morgan fingerprint density at radius 1 is 1.20 bits per heavy atom. The normalized spacial score (nSPS) is 26.4. The molecule has 1 N–H and O–H groups in total. The van der Waals surface area contributed by atoms with Gasteiger partial charge in [0.2, 0.25) is 0 Å². The Balaban J connectivity index is 1.78. The Labute approximate surface area is 122 Å². The summed E-state index contributed by atoms with van der Waals surface area (Å²) in [5.74, 6) is 0.992. The highest BCUT2D eigenvalue weighted by atomic mass is 16.5. The molecule has 1 heterocycles. The van der Waals surface area contributed by atoms with Crippen molar-refractivity contribution in [3.63, 3.8) is 0 Å². The van der Waals surface area contributed by atoms with Crippen LogP contribution in [0.5, 0.6) is 5.75 Å². The van der Waals surface area contributed by atoms with Gasteiger partial charge in [-0.05, 0) is 75.5 Å². The van der Waals surface area contributed by atoms with Crippen LogP contribution in [-0.2, 0) is 6.42 Å². The molecule has 0 amide bonds. The number of rotatable bonds is 3. The quantitative estimate of drug-likeness (QED) is 0.917. The summed E-state index contributed by atoms with van der Waals surface area (Å²) in [4.78, 5) is 2.62. The van der Waals surface area contributed by atoms with E-state index in [1.807, 2.05) is 0 Å². The highest BCUT2D eigenvalue weighted by Gasteiger charge is 2.30. The summed E-state index contributed by atoms with van der Waals surface area (Å²) < 4.78 is 5.40. The lowest BCUT2D eigenvalue weighted by molar-refractivity contribution is 0.159. The first-order valence-corrected chi connectivity index (χ1v) is 7.89. The first kappa shape index (κ1) is 13.9. The van der Waals surface area contributed by atoms with E-state index in [0.29, 0.717) is 12.1 Å². The summed E-state index contributed by atoms with van der Waals surface area (Å²) >= 11 is 0. The predicted molar refractivity (Wildman–Crippen MR) is 82.3 cm³/mol. The van der Waals surface area contributed by atoms with Crippen molar-refractivity contribution in [1.82, 2.24) is 10.2 Å². The van der Waals surface area contributed by atoms with E-state index in [0.717, 1.165) is 12.3 Å². The molecule has 1 fully saturated rings. The molecular weight excluding hydrogens is 248 g/mol. The van der Waals surface area contributed by atoms with Crippen LogP contribution in [0.15, 0.2) is 18.2 Å². The Hall–Kier alpha value is -1.06. The number of nitrogens with zero attached hydrogens (tertiary/aromatic N) is 1. The third-order valence-electron chi connectivity index (χ3n) is 5.01. The van der Waals surface area contributed by atoms with Crippen molar-refractivity contribution >= 4 is 0 Å². The average Bonchev–Trinajstić information content (AvgIpc) is 2.71. The molecule has 3 heteroatoms. The zero-order chi connectivity index (χ0) is 13.9. The molecule has 3 rings (SSSR count). The molecule has 0 radical (unpaired) electrons. The minimum Gasteiger partial charge on any atom is -0.497 e. The first-order valence-electron chi connectivity index (χ1n) is 7.89. The minimum absolute atomic E-state index is 0.572. The van der Waals surface area contributed by atoms with Crippen molar-refractivity contribution < 1.29 is 4.74 Å². The van der Waals surface area contributed by atoms with Crippen molar-refractivity contribution in [3.05, 3.63) is 29.3 Å². The van der Waals surface area contributed by atoms with Gasteiger partial charge in [0.1, 0.15) is 5.75 Å². The fraction of sp³-hybridized carbons (Fsp3) is 0.647. The van der Waals surface area contributed by atoms with E-state index in [2.05, 4.69) is 35.5 Å². The largest absolute Gasteiger partial charge is 0.497 e. The molecule has 2 unspecified atom stereocenters. The summed E-state index contributed by atoms with van der Waals surface area (Å²) in [6, 6.07) is 7.88. The number of fused-ring (bicyclic) bond motifs is 1. The topological polar surface area (TPSA) is 24.5 Å². The Kier molecular flexibility index (Phi) is 4.27. The smallest absolute Gasteiger partial charge is 0.119 e. The summed E-state index contributed by atoms with van der Waals surface area (Å²) in [5, 5.41) is 3.51. The van der Waals surface area contributed by atoms with Gasteiger partial charge in [-0.25, -0.2) is 0 Å². The molecule has 2 atom stereocenters. The van der Waals surface area contributed by atoms with Crippen LogP contribution in [0, 0.1) is 0 Å². The van der Waals surface area contributed by atoms with Gasteiger partial charge < -0.3 is 10.1 Å². The molecule has 1 aliphatic heterocycles. The second-order valence-corrected chi connectivity index (χ2v) is 6.12. The van der Waals surface area contributed by atoms with Crippen molar-refractivity contribution in [1.29, 1.82) is 0 Å². The van der Waals surface area contributed by atoms with Crippen LogP contribution in [0.2, 0.25) is 0 Å². The molecule has 2 aliphatic rings. The van der Waals surface area contributed by atoms with Crippen molar-refractivity contribution in [3.8, 4) is 5.75 Å². The van der Waals surface area contributed by atoms with E-state index >= 15 is 0 Å². The van der Waals surface area contributed by atoms with Gasteiger partial charge in [-0.1, -0.05) is 6.07 Å². The van der Waals surface area contributed by atoms with E-state index in [4.69, 9.17) is 4.74 Å². The summed E-state index contributed by atoms with van der Waals surface area (Å²) in [6.07, 6.45) is 6.35. The number of methoxy groups -OCH3 is 1. The molecule has 110 valence electrons. The zero-order valence-corrected chi connectivity index (χ0v) is 12.7. The van der Waals surface area contributed by atoms with E-state index in [1.165, 1.54) is 49.8 Å². The van der Waals surface area contributed by atoms with Gasteiger partial charge in [0.25, 0.3) is 0 Å². The maximum absolute atomic E-state index is 5.40. The molecule has 3 nitrogen and oxygen atoms in total. The van der Waals surface area contributed by atoms with Gasteiger partial charge in [-0.15, -0.1) is 0 Å². The molecule has 20 heavy (non-hydrogen) atoms. The van der Waals surface area contributed by atoms with Gasteiger partial charge in [0.15, 0.2) is 0 Å². The van der Waals surface area contributed by atoms with Crippen LogP contribution < -0.4 is 10.1 Å². The highest BCUT2D eigenvalue weighted by molar-refractivity contribution is 5.40. The lowest BCUT2D eigenvalue weighted by Gasteiger charge is -2.33. The maximum atomic E-state index is 5.40. The van der Waals surface area contributed by atoms with Crippen LogP contribution in [-0.4, -0.2) is 38.2 Å². The number of aryl methyl sites for hydroxylation is 1. The highest BCUT2D eigenvalue weighted by Crippen LogP contribution is 2.38. The maximum Gasteiger partial charge on any atom is 0.119 e. The molecule has 1 aromatic rings. The Bertz CT molecular complexity index is 452. The van der Waals surface area contributed by atoms with Crippen LogP contribution in [0.3, 0.4) is 0 Å². The van der Waals surface area contributed by atoms with Crippen molar-refractivity contribution in [2.75, 3.05) is 27.2 Å². The van der Waals surface area contributed by atoms with Crippen LogP contribution in [0.4, 0.5) is 0 Å². The molecule has 1 aliphatic carbocycles. The molecular formula is C17H26N2O. The molecule has 0 spiro atoms. The van der Waals surface area contributed by atoms with E-state index in [9.17, 15) is 0 Å². The fourth-order valence-corrected chi connectivity index (χ4v) is 3.77. The third-order valence-corrected chi connectivity index (χ3v) is 5.01. The standard InChI is InChI=1S/C17H26N2O/c1-19(14-4-3-10-18-11-9-14)17-8-6-13-5-7-15(20-2)12-16(13)17/h5,7,12,14,17-18H,3-4,6,8-11H2,1-2H3. The molecule has 1 saturated heterocycles. The number of ether oxygens (including phenoxy) is 1. The van der Waals surface area contributed by atoms with E-state index < -0.39 is 0 Å². The van der Waals surface area contributed by atoms with Crippen LogP contribution >= 0.6 is 0 Å². The monoisotopic (exact) mass is 274 g/mol. The minimum atomic E-state index is 0.572. The van der Waals surface area contributed by atoms with Gasteiger partial charge in [-0.3, -0.25) is 4.90 Å². The lowest BCUT2D eigenvalue weighted by Crippen LogP contribution is -2.35. The van der Waals surface area contributed by atoms with Gasteiger partial charge in [-0.2, -0.15) is 0 Å². The van der Waals surface area contributed by atoms with E-state index in [-0.39, 0.29) is 0 Å². The fourth-order valence-electron chi connectivity index (χ4n) is 3.77. The van der Waals surface area contributed by atoms with Crippen molar-refractivity contribution in [2.45, 2.75) is 44.2 Å². The van der Waals surface area contributed by atoms with Gasteiger partial charge in [0, 0.05) is 12.1 Å². The lowest BCUT2D eigenvalue weighted by atomic mass is 10.0. The summed E-state index contributed by atoms with van der Waals surface area (Å²) in [6.45, 7) is 2.34. The Morgan fingerprint density at radius 2 is 2.10 bits per heavy atom. The summed E-state index contributed by atoms with van der Waals surface area (Å²) in [7, 11) is 4.07. The van der Waals surface area contributed by atoms with Crippen LogP contribution in [0.1, 0.15) is 42.9 Å². The molecule has 0 bridgehead atoms. The number of benzene rings is 1. The number of hydrogen-bond donors (Lipinski definition) is 1. The van der Waals surface area contributed by atoms with Gasteiger partial charge in [0.05, 0.1) is 7.11 Å². The molecule has 1 aromatic carbocycles. The predicted octanol–water partition coefficient (Wildman–Crippen LogP) is 2.76. The second kappa shape index (κ2) is 6.15. The Morgan fingerprint density at radius 3 is 2.95 bits per heavy atom. The summed E-state index contributed by atoms with van der Waals surface area (Å²) in [5.41, 5.74) is 3.00. The number of nitrogens with one attached hydrogen (secondary N) is 1.